The molecule has 2 heterocycles. The summed E-state index contributed by atoms with van der Waals surface area (Å²) >= 11 is 0. The molecule has 0 amide bonds. The molecule has 0 aliphatic carbocycles. The maximum absolute atomic E-state index is 5.92. The van der Waals surface area contributed by atoms with Crippen LogP contribution in [0.3, 0.4) is 0 Å². The average Bonchev–Trinajstić information content (AvgIpc) is 3.19. The SMILES string of the molecule is Cc1ccc(C)c(Cn2c([C@@H]3CCCO3)nc3ccccc32)c1. The van der Waals surface area contributed by atoms with Gasteiger partial charge in [0.2, 0.25) is 0 Å². The van der Waals surface area contributed by atoms with Crippen LogP contribution in [0.4, 0.5) is 0 Å². The Hall–Kier alpha value is -2.13. The first-order valence-electron chi connectivity index (χ1n) is 8.35. The Morgan fingerprint density at radius 2 is 2.04 bits per heavy atom. The summed E-state index contributed by atoms with van der Waals surface area (Å²) in [6, 6.07) is 15.0. The van der Waals surface area contributed by atoms with Crippen molar-refractivity contribution in [2.24, 2.45) is 0 Å². The monoisotopic (exact) mass is 306 g/mol. The number of aryl methyl sites for hydroxylation is 2. The molecule has 4 rings (SSSR count). The number of fused-ring (bicyclic) bond motifs is 1. The third-order valence-electron chi connectivity index (χ3n) is 4.73. The van der Waals surface area contributed by atoms with Crippen molar-refractivity contribution in [1.29, 1.82) is 0 Å². The molecule has 0 spiro atoms. The lowest BCUT2D eigenvalue weighted by Crippen LogP contribution is -2.10. The lowest BCUT2D eigenvalue weighted by Gasteiger charge is -2.15. The molecule has 2 aromatic carbocycles. The molecule has 0 unspecified atom stereocenters. The number of imidazole rings is 1. The Balaban J connectivity index is 1.83. The summed E-state index contributed by atoms with van der Waals surface area (Å²) in [7, 11) is 0. The number of benzene rings is 2. The Kier molecular flexibility index (Phi) is 3.66. The van der Waals surface area contributed by atoms with Crippen LogP contribution in [0, 0.1) is 13.8 Å². The number of para-hydroxylation sites is 2. The first kappa shape index (κ1) is 14.5. The molecule has 23 heavy (non-hydrogen) atoms. The molecule has 0 bridgehead atoms. The van der Waals surface area contributed by atoms with Gasteiger partial charge in [-0.05, 0) is 49.9 Å². The summed E-state index contributed by atoms with van der Waals surface area (Å²) in [6.45, 7) is 6.02. The average molecular weight is 306 g/mol. The normalized spacial score (nSPS) is 17.9. The van der Waals surface area contributed by atoms with E-state index in [0.29, 0.717) is 0 Å². The molecule has 1 fully saturated rings. The van der Waals surface area contributed by atoms with Crippen LogP contribution in [-0.4, -0.2) is 16.2 Å². The van der Waals surface area contributed by atoms with Gasteiger partial charge in [-0.2, -0.15) is 0 Å². The second-order valence-electron chi connectivity index (χ2n) is 6.48. The second-order valence-corrected chi connectivity index (χ2v) is 6.48. The predicted octanol–water partition coefficient (Wildman–Crippen LogP) is 4.55. The van der Waals surface area contributed by atoms with Crippen molar-refractivity contribution in [3.63, 3.8) is 0 Å². The lowest BCUT2D eigenvalue weighted by atomic mass is 10.1. The highest BCUT2D eigenvalue weighted by Gasteiger charge is 2.24. The van der Waals surface area contributed by atoms with Gasteiger partial charge < -0.3 is 9.30 Å². The molecule has 1 atom stereocenters. The molecule has 118 valence electrons. The fourth-order valence-electron chi connectivity index (χ4n) is 3.43. The van der Waals surface area contributed by atoms with Crippen molar-refractivity contribution in [3.8, 4) is 0 Å². The Morgan fingerprint density at radius 3 is 2.87 bits per heavy atom. The van der Waals surface area contributed by atoms with Crippen molar-refractivity contribution in [3.05, 3.63) is 65.0 Å². The smallest absolute Gasteiger partial charge is 0.139 e. The van der Waals surface area contributed by atoms with E-state index in [2.05, 4.69) is 60.9 Å². The van der Waals surface area contributed by atoms with Gasteiger partial charge in [0, 0.05) is 13.2 Å². The molecule has 1 aromatic heterocycles. The van der Waals surface area contributed by atoms with Crippen LogP contribution in [0.15, 0.2) is 42.5 Å². The van der Waals surface area contributed by atoms with Crippen LogP contribution < -0.4 is 0 Å². The van der Waals surface area contributed by atoms with E-state index in [1.54, 1.807) is 0 Å². The van der Waals surface area contributed by atoms with E-state index in [4.69, 9.17) is 9.72 Å². The maximum Gasteiger partial charge on any atom is 0.139 e. The molecule has 0 N–H and O–H groups in total. The molecule has 3 heteroatoms. The maximum atomic E-state index is 5.92. The molecular formula is C20H22N2O. The number of rotatable bonds is 3. The number of ether oxygens (including phenoxy) is 1. The second kappa shape index (κ2) is 5.82. The molecular weight excluding hydrogens is 284 g/mol. The van der Waals surface area contributed by atoms with Crippen molar-refractivity contribution in [2.45, 2.75) is 39.3 Å². The minimum Gasteiger partial charge on any atom is -0.370 e. The zero-order chi connectivity index (χ0) is 15.8. The van der Waals surface area contributed by atoms with Crippen LogP contribution in [0.5, 0.6) is 0 Å². The quantitative estimate of drug-likeness (QED) is 0.709. The number of hydrogen-bond acceptors (Lipinski definition) is 2. The van der Waals surface area contributed by atoms with E-state index in [9.17, 15) is 0 Å². The van der Waals surface area contributed by atoms with Crippen molar-refractivity contribution in [1.82, 2.24) is 9.55 Å². The van der Waals surface area contributed by atoms with Gasteiger partial charge in [0.15, 0.2) is 0 Å². The summed E-state index contributed by atoms with van der Waals surface area (Å²) in [5, 5.41) is 0. The zero-order valence-corrected chi connectivity index (χ0v) is 13.7. The minimum absolute atomic E-state index is 0.132. The van der Waals surface area contributed by atoms with Crippen LogP contribution >= 0.6 is 0 Å². The Bertz CT molecular complexity index is 844. The molecule has 3 aromatic rings. The van der Waals surface area contributed by atoms with Gasteiger partial charge in [0.1, 0.15) is 11.9 Å². The van der Waals surface area contributed by atoms with E-state index < -0.39 is 0 Å². The largest absolute Gasteiger partial charge is 0.370 e. The first-order chi connectivity index (χ1) is 11.2. The molecule has 3 nitrogen and oxygen atoms in total. The fourth-order valence-corrected chi connectivity index (χ4v) is 3.43. The fraction of sp³-hybridized carbons (Fsp3) is 0.350. The third kappa shape index (κ3) is 2.66. The van der Waals surface area contributed by atoms with Gasteiger partial charge in [-0.15, -0.1) is 0 Å². The van der Waals surface area contributed by atoms with Gasteiger partial charge in [-0.3, -0.25) is 0 Å². The van der Waals surface area contributed by atoms with Crippen LogP contribution in [0.2, 0.25) is 0 Å². The third-order valence-corrected chi connectivity index (χ3v) is 4.73. The number of aromatic nitrogens is 2. The molecule has 0 radical (unpaired) electrons. The van der Waals surface area contributed by atoms with Crippen LogP contribution in [0.25, 0.3) is 11.0 Å². The van der Waals surface area contributed by atoms with Gasteiger partial charge in [0.25, 0.3) is 0 Å². The van der Waals surface area contributed by atoms with Crippen LogP contribution in [-0.2, 0) is 11.3 Å². The molecule has 1 saturated heterocycles. The molecule has 1 aliphatic heterocycles. The van der Waals surface area contributed by atoms with Crippen molar-refractivity contribution >= 4 is 11.0 Å². The minimum atomic E-state index is 0.132. The van der Waals surface area contributed by atoms with E-state index in [1.165, 1.54) is 22.2 Å². The summed E-state index contributed by atoms with van der Waals surface area (Å²) < 4.78 is 8.26. The topological polar surface area (TPSA) is 27.1 Å². The van der Waals surface area contributed by atoms with Crippen molar-refractivity contribution < 1.29 is 4.74 Å². The van der Waals surface area contributed by atoms with Crippen molar-refractivity contribution in [2.75, 3.05) is 6.61 Å². The number of hydrogen-bond donors (Lipinski definition) is 0. The van der Waals surface area contributed by atoms with Gasteiger partial charge in [-0.25, -0.2) is 4.98 Å². The standard InChI is InChI=1S/C20H22N2O/c1-14-9-10-15(2)16(12-14)13-22-18-7-4-3-6-17(18)21-20(22)19-8-5-11-23-19/h3-4,6-7,9-10,12,19H,5,8,11,13H2,1-2H3/t19-/m0/s1. The molecule has 0 saturated carbocycles. The van der Waals surface area contributed by atoms with Gasteiger partial charge >= 0.3 is 0 Å². The first-order valence-corrected chi connectivity index (χ1v) is 8.35. The van der Waals surface area contributed by atoms with E-state index in [0.717, 1.165) is 37.3 Å². The zero-order valence-electron chi connectivity index (χ0n) is 13.7. The van der Waals surface area contributed by atoms with Crippen LogP contribution in [0.1, 0.15) is 41.5 Å². The Labute approximate surface area is 136 Å². The summed E-state index contributed by atoms with van der Waals surface area (Å²) in [5.74, 6) is 1.07. The highest BCUT2D eigenvalue weighted by molar-refractivity contribution is 5.76. The highest BCUT2D eigenvalue weighted by Crippen LogP contribution is 2.31. The van der Waals surface area contributed by atoms with Gasteiger partial charge in [-0.1, -0.05) is 35.9 Å². The van der Waals surface area contributed by atoms with E-state index in [-0.39, 0.29) is 6.10 Å². The summed E-state index contributed by atoms with van der Waals surface area (Å²) in [4.78, 5) is 4.88. The Morgan fingerprint density at radius 1 is 1.17 bits per heavy atom. The van der Waals surface area contributed by atoms with Gasteiger partial charge in [0.05, 0.1) is 11.0 Å². The lowest BCUT2D eigenvalue weighted by molar-refractivity contribution is 0.103. The van der Waals surface area contributed by atoms with E-state index in [1.807, 2.05) is 0 Å². The highest BCUT2D eigenvalue weighted by atomic mass is 16.5. The summed E-state index contributed by atoms with van der Waals surface area (Å²) in [5.41, 5.74) is 6.23. The predicted molar refractivity (Wildman–Crippen MR) is 92.7 cm³/mol. The summed E-state index contributed by atoms with van der Waals surface area (Å²) in [6.07, 6.45) is 2.32. The number of nitrogens with zero attached hydrogens (tertiary/aromatic N) is 2. The van der Waals surface area contributed by atoms with E-state index >= 15 is 0 Å². The molecule has 1 aliphatic rings.